The number of rotatable bonds is 7. The van der Waals surface area contributed by atoms with Gasteiger partial charge in [-0.1, -0.05) is 18.2 Å². The summed E-state index contributed by atoms with van der Waals surface area (Å²) in [5.41, 5.74) is 1.51. The Morgan fingerprint density at radius 2 is 1.88 bits per heavy atom. The van der Waals surface area contributed by atoms with Crippen molar-refractivity contribution in [2.75, 3.05) is 18.7 Å². The molecule has 0 aliphatic carbocycles. The fourth-order valence-electron chi connectivity index (χ4n) is 3.07. The summed E-state index contributed by atoms with van der Waals surface area (Å²) in [4.78, 5) is 12.1. The van der Waals surface area contributed by atoms with Gasteiger partial charge >= 0.3 is 6.03 Å². The molecule has 1 atom stereocenters. The number of hydrogen-bond acceptors (Lipinski definition) is 5. The third-order valence-electron chi connectivity index (χ3n) is 4.72. The van der Waals surface area contributed by atoms with Crippen molar-refractivity contribution >= 4 is 11.7 Å². The third kappa shape index (κ3) is 5.25. The van der Waals surface area contributed by atoms with Crippen LogP contribution in [0.3, 0.4) is 0 Å². The molecule has 1 aliphatic heterocycles. The fourth-order valence-corrected chi connectivity index (χ4v) is 3.07. The van der Waals surface area contributed by atoms with Crippen LogP contribution in [-0.2, 0) is 6.61 Å². The SMILES string of the molecule is O=C(NCC(O)c1ccc(F)c(F)c1)Nc1cccc(COc2ccc3c(c2)OCO3)c1. The highest BCUT2D eigenvalue weighted by atomic mass is 19.2. The normalized spacial score (nSPS) is 12.8. The van der Waals surface area contributed by atoms with Gasteiger partial charge in [0.05, 0.1) is 6.10 Å². The van der Waals surface area contributed by atoms with Crippen molar-refractivity contribution in [1.82, 2.24) is 5.32 Å². The number of fused-ring (bicyclic) bond motifs is 1. The molecule has 1 unspecified atom stereocenters. The van der Waals surface area contributed by atoms with Gasteiger partial charge in [0.25, 0.3) is 0 Å². The molecule has 0 saturated heterocycles. The van der Waals surface area contributed by atoms with Crippen LogP contribution in [0, 0.1) is 11.6 Å². The zero-order valence-electron chi connectivity index (χ0n) is 16.8. The maximum Gasteiger partial charge on any atom is 0.319 e. The van der Waals surface area contributed by atoms with Gasteiger partial charge in [-0.2, -0.15) is 0 Å². The molecule has 3 N–H and O–H groups in total. The lowest BCUT2D eigenvalue weighted by Gasteiger charge is -2.14. The van der Waals surface area contributed by atoms with Crippen LogP contribution in [0.1, 0.15) is 17.2 Å². The summed E-state index contributed by atoms with van der Waals surface area (Å²) in [5.74, 6) is -0.152. The number of amides is 2. The Bertz CT molecular complexity index is 1130. The lowest BCUT2D eigenvalue weighted by atomic mass is 10.1. The molecule has 0 bridgehead atoms. The number of urea groups is 1. The molecular formula is C23H20F2N2O5. The molecule has 9 heteroatoms. The Balaban J connectivity index is 1.28. The highest BCUT2D eigenvalue weighted by Crippen LogP contribution is 2.35. The Hall–Kier alpha value is -3.85. The summed E-state index contributed by atoms with van der Waals surface area (Å²) in [5, 5.41) is 15.2. The number of halogens is 2. The van der Waals surface area contributed by atoms with E-state index in [9.17, 15) is 18.7 Å². The Morgan fingerprint density at radius 3 is 2.72 bits per heavy atom. The quantitative estimate of drug-likeness (QED) is 0.512. The number of ether oxygens (including phenoxy) is 3. The van der Waals surface area contributed by atoms with Crippen LogP contribution >= 0.6 is 0 Å². The standard InChI is InChI=1S/C23H20F2N2O5/c24-18-6-4-15(9-19(18)25)20(28)11-26-23(29)27-16-3-1-2-14(8-16)12-30-17-5-7-21-22(10-17)32-13-31-21/h1-10,20,28H,11-13H2,(H2,26,27,29). The molecular weight excluding hydrogens is 422 g/mol. The minimum atomic E-state index is -1.18. The van der Waals surface area contributed by atoms with Gasteiger partial charge in [-0.15, -0.1) is 0 Å². The molecule has 0 radical (unpaired) electrons. The maximum atomic E-state index is 13.3. The smallest absolute Gasteiger partial charge is 0.319 e. The predicted molar refractivity (Wildman–Crippen MR) is 112 cm³/mol. The molecule has 1 heterocycles. The number of anilines is 1. The van der Waals surface area contributed by atoms with Gasteiger partial charge < -0.3 is 30.0 Å². The van der Waals surface area contributed by atoms with E-state index in [4.69, 9.17) is 14.2 Å². The summed E-state index contributed by atoms with van der Waals surface area (Å²) < 4.78 is 42.6. The monoisotopic (exact) mass is 442 g/mol. The highest BCUT2D eigenvalue weighted by molar-refractivity contribution is 5.89. The molecule has 7 nitrogen and oxygen atoms in total. The molecule has 4 rings (SSSR count). The molecule has 2 amide bonds. The van der Waals surface area contributed by atoms with E-state index in [1.54, 1.807) is 36.4 Å². The largest absolute Gasteiger partial charge is 0.489 e. The first-order valence-electron chi connectivity index (χ1n) is 9.77. The van der Waals surface area contributed by atoms with Crippen molar-refractivity contribution in [2.24, 2.45) is 0 Å². The van der Waals surface area contributed by atoms with Gasteiger partial charge in [-0.05, 0) is 47.5 Å². The van der Waals surface area contributed by atoms with Gasteiger partial charge in [0, 0.05) is 18.3 Å². The van der Waals surface area contributed by atoms with E-state index in [0.717, 1.165) is 17.7 Å². The van der Waals surface area contributed by atoms with Gasteiger partial charge in [0.2, 0.25) is 6.79 Å². The molecule has 0 spiro atoms. The molecule has 1 aliphatic rings. The predicted octanol–water partition coefficient (Wildman–Crippen LogP) is 4.13. The number of aliphatic hydroxyl groups is 1. The van der Waals surface area contributed by atoms with Gasteiger partial charge in [0.15, 0.2) is 23.1 Å². The molecule has 166 valence electrons. The van der Waals surface area contributed by atoms with E-state index in [2.05, 4.69) is 10.6 Å². The number of hydrogen-bond donors (Lipinski definition) is 3. The number of benzene rings is 3. The summed E-state index contributed by atoms with van der Waals surface area (Å²) >= 11 is 0. The van der Waals surface area contributed by atoms with Crippen LogP contribution in [0.25, 0.3) is 0 Å². The van der Waals surface area contributed by atoms with Crippen molar-refractivity contribution in [3.8, 4) is 17.2 Å². The van der Waals surface area contributed by atoms with Crippen molar-refractivity contribution in [3.05, 3.63) is 83.4 Å². The first-order chi connectivity index (χ1) is 15.5. The van der Waals surface area contributed by atoms with E-state index in [0.29, 0.717) is 22.9 Å². The number of carbonyl (C=O) groups excluding carboxylic acids is 1. The average Bonchev–Trinajstić information content (AvgIpc) is 3.26. The molecule has 3 aromatic carbocycles. The van der Waals surface area contributed by atoms with Gasteiger partial charge in [-0.3, -0.25) is 0 Å². The van der Waals surface area contributed by atoms with E-state index in [1.807, 2.05) is 6.07 Å². The van der Waals surface area contributed by atoms with Crippen LogP contribution in [0.2, 0.25) is 0 Å². The van der Waals surface area contributed by atoms with Crippen molar-refractivity contribution in [1.29, 1.82) is 0 Å². The molecule has 0 saturated carbocycles. The van der Waals surface area contributed by atoms with Crippen LogP contribution in [0.15, 0.2) is 60.7 Å². The second-order valence-electron chi connectivity index (χ2n) is 7.03. The number of nitrogens with one attached hydrogen (secondary N) is 2. The van der Waals surface area contributed by atoms with Crippen LogP contribution in [0.4, 0.5) is 19.3 Å². The summed E-state index contributed by atoms with van der Waals surface area (Å²) in [7, 11) is 0. The van der Waals surface area contributed by atoms with E-state index >= 15 is 0 Å². The zero-order valence-corrected chi connectivity index (χ0v) is 16.8. The van der Waals surface area contributed by atoms with Crippen LogP contribution in [0.5, 0.6) is 17.2 Å². The maximum absolute atomic E-state index is 13.3. The second kappa shape index (κ2) is 9.52. The molecule has 0 fully saturated rings. The summed E-state index contributed by atoms with van der Waals surface area (Å²) in [6.07, 6.45) is -1.18. The van der Waals surface area contributed by atoms with E-state index < -0.39 is 23.8 Å². The van der Waals surface area contributed by atoms with Gasteiger partial charge in [0.1, 0.15) is 12.4 Å². The molecule has 3 aromatic rings. The second-order valence-corrected chi connectivity index (χ2v) is 7.03. The topological polar surface area (TPSA) is 89.1 Å². The van der Waals surface area contributed by atoms with Crippen molar-refractivity contribution in [2.45, 2.75) is 12.7 Å². The lowest BCUT2D eigenvalue weighted by molar-refractivity contribution is 0.173. The number of carbonyl (C=O) groups is 1. The first kappa shape index (κ1) is 21.4. The highest BCUT2D eigenvalue weighted by Gasteiger charge is 2.14. The fraction of sp³-hybridized carbons (Fsp3) is 0.174. The number of aliphatic hydroxyl groups excluding tert-OH is 1. The minimum absolute atomic E-state index is 0.159. The lowest BCUT2D eigenvalue weighted by Crippen LogP contribution is -2.32. The summed E-state index contributed by atoms with van der Waals surface area (Å²) in [6.45, 7) is 0.280. The molecule has 0 aromatic heterocycles. The van der Waals surface area contributed by atoms with Crippen LogP contribution < -0.4 is 24.8 Å². The summed E-state index contributed by atoms with van der Waals surface area (Å²) in [6, 6.07) is 14.9. The Morgan fingerprint density at radius 1 is 1.03 bits per heavy atom. The average molecular weight is 442 g/mol. The minimum Gasteiger partial charge on any atom is -0.489 e. The van der Waals surface area contributed by atoms with Gasteiger partial charge in [-0.25, -0.2) is 13.6 Å². The molecule has 32 heavy (non-hydrogen) atoms. The Kier molecular flexibility index (Phi) is 6.37. The first-order valence-corrected chi connectivity index (χ1v) is 9.77. The zero-order chi connectivity index (χ0) is 22.5. The Labute approximate surface area is 182 Å². The van der Waals surface area contributed by atoms with Crippen molar-refractivity contribution in [3.63, 3.8) is 0 Å². The van der Waals surface area contributed by atoms with E-state index in [-0.39, 0.29) is 25.5 Å². The van der Waals surface area contributed by atoms with Crippen LogP contribution in [-0.4, -0.2) is 24.5 Å². The van der Waals surface area contributed by atoms with E-state index in [1.165, 1.54) is 6.07 Å². The third-order valence-corrected chi connectivity index (χ3v) is 4.72. The van der Waals surface area contributed by atoms with Crippen molar-refractivity contribution < 1.29 is 32.9 Å².